The van der Waals surface area contributed by atoms with Crippen LogP contribution >= 0.6 is 0 Å². The predicted octanol–water partition coefficient (Wildman–Crippen LogP) is 5.60. The summed E-state index contributed by atoms with van der Waals surface area (Å²) in [6.07, 6.45) is 13.2. The van der Waals surface area contributed by atoms with Crippen LogP contribution in [0.25, 0.3) is 5.57 Å². The summed E-state index contributed by atoms with van der Waals surface area (Å²) >= 11 is 0. The maximum Gasteiger partial charge on any atom is 0.260 e. The lowest BCUT2D eigenvalue weighted by atomic mass is 10.0. The quantitative estimate of drug-likeness (QED) is 0.234. The number of carbonyl (C=O) groups is 2. The third-order valence-corrected chi connectivity index (χ3v) is 10.8. The van der Waals surface area contributed by atoms with Gasteiger partial charge < -0.3 is 44.3 Å². The molecule has 0 bridgehead atoms. The Morgan fingerprint density at radius 3 is 1.89 bits per heavy atom. The Kier molecular flexibility index (Phi) is 10.6. The number of carbonyl (C=O) groups excluding carboxylic acids is 2. The van der Waals surface area contributed by atoms with Crippen molar-refractivity contribution in [2.24, 2.45) is 15.7 Å². The summed E-state index contributed by atoms with van der Waals surface area (Å²) in [7, 11) is 5.26. The Labute approximate surface area is 327 Å². The Morgan fingerprint density at radius 2 is 1.32 bits per heavy atom. The molecule has 13 nitrogen and oxygen atoms in total. The number of nitrogens with zero attached hydrogens (tertiary/aromatic N) is 6. The molecule has 5 aliphatic heterocycles. The van der Waals surface area contributed by atoms with Gasteiger partial charge in [-0.1, -0.05) is 24.3 Å². The number of allylic oxidation sites excluding steroid dienone is 1. The van der Waals surface area contributed by atoms with E-state index in [0.29, 0.717) is 84.5 Å². The normalized spacial score (nSPS) is 20.2. The SMILES string of the molecule is COc1cc2c(cc1OCCCOc1cc3c(cc1OC)C(=O)N1C=C(c4ccc(N5CCN(C)CC5)cc4)C[C@H]1C=N3)N=C[C@@H]1CC(C=CCN)=CN1C2=O. The van der Waals surface area contributed by atoms with Gasteiger partial charge in [-0.25, -0.2) is 0 Å². The molecule has 2 amide bonds. The molecule has 3 aromatic carbocycles. The number of methoxy groups -OCH3 is 2. The smallest absolute Gasteiger partial charge is 0.260 e. The summed E-state index contributed by atoms with van der Waals surface area (Å²) in [5.74, 6) is 1.57. The van der Waals surface area contributed by atoms with Crippen LogP contribution in [0.1, 0.15) is 45.5 Å². The molecule has 2 atom stereocenters. The van der Waals surface area contributed by atoms with E-state index in [1.165, 1.54) is 5.69 Å². The van der Waals surface area contributed by atoms with Crippen LogP contribution in [-0.4, -0.2) is 118 Å². The highest BCUT2D eigenvalue weighted by Crippen LogP contribution is 2.41. The van der Waals surface area contributed by atoms with Gasteiger partial charge in [-0.15, -0.1) is 0 Å². The summed E-state index contributed by atoms with van der Waals surface area (Å²) in [5.41, 5.74) is 12.0. The second-order valence-corrected chi connectivity index (χ2v) is 14.4. The number of aliphatic imine (C=N–C) groups is 2. The summed E-state index contributed by atoms with van der Waals surface area (Å²) in [4.78, 5) is 45.0. The topological polar surface area (TPSA) is 135 Å². The fourth-order valence-corrected chi connectivity index (χ4v) is 7.68. The lowest BCUT2D eigenvalue weighted by molar-refractivity contribution is 0.0809. The molecule has 0 unspecified atom stereocenters. The van der Waals surface area contributed by atoms with E-state index in [4.69, 9.17) is 29.7 Å². The Balaban J connectivity index is 0.892. The maximum absolute atomic E-state index is 13.9. The highest BCUT2D eigenvalue weighted by atomic mass is 16.5. The van der Waals surface area contributed by atoms with Crippen LogP contribution in [-0.2, 0) is 0 Å². The number of benzene rings is 3. The van der Waals surface area contributed by atoms with Crippen molar-refractivity contribution in [2.45, 2.75) is 31.3 Å². The fraction of sp³-hybridized carbons (Fsp3) is 0.349. The first kappa shape index (κ1) is 37.0. The van der Waals surface area contributed by atoms with E-state index in [0.717, 1.165) is 42.9 Å². The minimum absolute atomic E-state index is 0.133. The Bertz CT molecular complexity index is 2150. The number of anilines is 1. The first-order valence-electron chi connectivity index (χ1n) is 19.1. The van der Waals surface area contributed by atoms with Gasteiger partial charge in [-0.3, -0.25) is 19.6 Å². The molecule has 56 heavy (non-hydrogen) atoms. The lowest BCUT2D eigenvalue weighted by Crippen LogP contribution is -2.44. The van der Waals surface area contributed by atoms with Crippen LogP contribution in [0.15, 0.2) is 88.6 Å². The number of nitrogens with two attached hydrogens (primary N) is 1. The van der Waals surface area contributed by atoms with Gasteiger partial charge in [0, 0.05) is 88.2 Å². The van der Waals surface area contributed by atoms with Crippen molar-refractivity contribution in [1.82, 2.24) is 14.7 Å². The predicted molar refractivity (Wildman–Crippen MR) is 217 cm³/mol. The van der Waals surface area contributed by atoms with Gasteiger partial charge in [0.1, 0.15) is 0 Å². The molecule has 0 aromatic heterocycles. The molecule has 1 saturated heterocycles. The van der Waals surface area contributed by atoms with Gasteiger partial charge >= 0.3 is 0 Å². The van der Waals surface area contributed by atoms with E-state index < -0.39 is 0 Å². The van der Waals surface area contributed by atoms with E-state index in [2.05, 4.69) is 46.1 Å². The molecule has 5 aliphatic rings. The molecular weight excluding hydrogens is 711 g/mol. The Hall–Kier alpha value is -5.92. The summed E-state index contributed by atoms with van der Waals surface area (Å²) in [5, 5.41) is 0. The van der Waals surface area contributed by atoms with Gasteiger partial charge in [0.2, 0.25) is 0 Å². The average Bonchev–Trinajstić information content (AvgIpc) is 3.79. The molecule has 0 aliphatic carbocycles. The van der Waals surface area contributed by atoms with Crippen LogP contribution < -0.4 is 29.6 Å². The van der Waals surface area contributed by atoms with Crippen LogP contribution in [0.3, 0.4) is 0 Å². The van der Waals surface area contributed by atoms with Crippen molar-refractivity contribution in [2.75, 3.05) is 72.1 Å². The molecule has 5 heterocycles. The zero-order valence-electron chi connectivity index (χ0n) is 32.0. The molecule has 0 saturated carbocycles. The molecule has 1 fully saturated rings. The highest BCUT2D eigenvalue weighted by molar-refractivity contribution is 6.06. The Morgan fingerprint density at radius 1 is 0.750 bits per heavy atom. The second kappa shape index (κ2) is 16.0. The van der Waals surface area contributed by atoms with E-state index in [-0.39, 0.29) is 23.9 Å². The van der Waals surface area contributed by atoms with E-state index in [1.54, 1.807) is 54.5 Å². The number of ether oxygens (including phenoxy) is 4. The van der Waals surface area contributed by atoms with Gasteiger partial charge in [0.05, 0.1) is 62.0 Å². The number of piperazine rings is 1. The van der Waals surface area contributed by atoms with Gasteiger partial charge in [0.15, 0.2) is 23.0 Å². The van der Waals surface area contributed by atoms with Crippen molar-refractivity contribution < 1.29 is 28.5 Å². The van der Waals surface area contributed by atoms with Crippen LogP contribution in [0, 0.1) is 0 Å². The van der Waals surface area contributed by atoms with E-state index >= 15 is 0 Å². The van der Waals surface area contributed by atoms with Crippen molar-refractivity contribution in [1.29, 1.82) is 0 Å². The molecule has 0 spiro atoms. The molecule has 0 radical (unpaired) electrons. The largest absolute Gasteiger partial charge is 0.493 e. The number of likely N-dealkylation sites (N-methyl/N-ethyl adjacent to an activating group) is 1. The first-order chi connectivity index (χ1) is 27.3. The van der Waals surface area contributed by atoms with Crippen molar-refractivity contribution in [3.05, 3.63) is 95.3 Å². The minimum atomic E-state index is -0.186. The van der Waals surface area contributed by atoms with Gasteiger partial charge in [0.25, 0.3) is 11.8 Å². The number of amides is 2. The average molecular weight is 758 g/mol. The standard InChI is InChI=1S/C43H47N7O6/c1-47-12-14-48(15-13-47)31-9-7-29(8-10-31)30-19-33-25-46-37-23-41(39(54-3)21-35(37)43(52)50(33)27-30)56-17-5-16-55-40-22-36-34(20-38(40)53-2)42(51)49-26-28(6-4-11-44)18-32(49)24-45-36/h4,6-10,20-27,32-33H,5,11-19,44H2,1-3H3/t32-,33-/m0/s1. The fourth-order valence-electron chi connectivity index (χ4n) is 7.68. The highest BCUT2D eigenvalue weighted by Gasteiger charge is 2.34. The zero-order valence-corrected chi connectivity index (χ0v) is 32.0. The van der Waals surface area contributed by atoms with Crippen LogP contribution in [0.2, 0.25) is 0 Å². The molecular formula is C43H47N7O6. The minimum Gasteiger partial charge on any atom is -0.493 e. The first-order valence-corrected chi connectivity index (χ1v) is 19.1. The molecule has 13 heteroatoms. The van der Waals surface area contributed by atoms with Crippen LogP contribution in [0.4, 0.5) is 17.1 Å². The van der Waals surface area contributed by atoms with Crippen molar-refractivity contribution in [3.8, 4) is 23.0 Å². The summed E-state index contributed by atoms with van der Waals surface area (Å²) in [6.45, 7) is 5.22. The van der Waals surface area contributed by atoms with Crippen molar-refractivity contribution >= 4 is 46.9 Å². The van der Waals surface area contributed by atoms with Crippen molar-refractivity contribution in [3.63, 3.8) is 0 Å². The molecule has 3 aromatic rings. The molecule has 2 N–H and O–H groups in total. The number of fused-ring (bicyclic) bond motifs is 4. The number of rotatable bonds is 12. The van der Waals surface area contributed by atoms with Gasteiger partial charge in [-0.2, -0.15) is 0 Å². The summed E-state index contributed by atoms with van der Waals surface area (Å²) in [6, 6.07) is 15.2. The second-order valence-electron chi connectivity index (χ2n) is 14.4. The number of hydrogen-bond acceptors (Lipinski definition) is 11. The third kappa shape index (κ3) is 7.39. The monoisotopic (exact) mass is 757 g/mol. The zero-order chi connectivity index (χ0) is 38.8. The number of hydrogen-bond donors (Lipinski definition) is 1. The van der Waals surface area contributed by atoms with E-state index in [1.807, 2.05) is 30.8 Å². The molecule has 8 rings (SSSR count). The van der Waals surface area contributed by atoms with Gasteiger partial charge in [-0.05, 0) is 54.4 Å². The maximum atomic E-state index is 13.9. The third-order valence-electron chi connectivity index (χ3n) is 10.8. The lowest BCUT2D eigenvalue weighted by Gasteiger charge is -2.34. The summed E-state index contributed by atoms with van der Waals surface area (Å²) < 4.78 is 23.5. The van der Waals surface area contributed by atoms with Crippen LogP contribution in [0.5, 0.6) is 23.0 Å². The molecule has 290 valence electrons. The van der Waals surface area contributed by atoms with E-state index in [9.17, 15) is 9.59 Å².